The summed E-state index contributed by atoms with van der Waals surface area (Å²) in [4.78, 5) is 18.9. The maximum absolute atomic E-state index is 12.7. The Morgan fingerprint density at radius 2 is 1.81 bits per heavy atom. The summed E-state index contributed by atoms with van der Waals surface area (Å²) in [7, 11) is -3.37. The van der Waals surface area contributed by atoms with E-state index in [4.69, 9.17) is 9.84 Å². The van der Waals surface area contributed by atoms with Crippen molar-refractivity contribution in [2.24, 2.45) is 0 Å². The van der Waals surface area contributed by atoms with Gasteiger partial charge in [-0.1, -0.05) is 24.1 Å². The molecule has 4 aromatic rings. The summed E-state index contributed by atoms with van der Waals surface area (Å²) in [6.07, 6.45) is 2.74. The van der Waals surface area contributed by atoms with Crippen LogP contribution >= 0.6 is 0 Å². The molecule has 36 heavy (non-hydrogen) atoms. The van der Waals surface area contributed by atoms with Crippen LogP contribution in [0.15, 0.2) is 66.9 Å². The largest absolute Gasteiger partial charge is 0.378 e. The number of imidazole rings is 1. The monoisotopic (exact) mass is 501 g/mol. The molecular weight excluding hydrogens is 478 g/mol. The van der Waals surface area contributed by atoms with E-state index in [-0.39, 0.29) is 5.91 Å². The van der Waals surface area contributed by atoms with Crippen LogP contribution in [0.1, 0.15) is 21.6 Å². The third-order valence-electron chi connectivity index (χ3n) is 5.59. The zero-order valence-electron chi connectivity index (χ0n) is 19.5. The molecule has 0 atom stereocenters. The number of rotatable bonds is 4. The highest BCUT2D eigenvalue weighted by atomic mass is 32.2. The summed E-state index contributed by atoms with van der Waals surface area (Å²) >= 11 is 0. The topological polar surface area (TPSA) is 106 Å². The second kappa shape index (κ2) is 9.81. The van der Waals surface area contributed by atoms with E-state index in [1.54, 1.807) is 39.9 Å². The molecule has 0 spiro atoms. The fourth-order valence-electron chi connectivity index (χ4n) is 3.86. The van der Waals surface area contributed by atoms with E-state index < -0.39 is 10.0 Å². The minimum Gasteiger partial charge on any atom is -0.378 e. The highest BCUT2D eigenvalue weighted by Gasteiger charge is 2.18. The number of aromatic nitrogens is 3. The third-order valence-corrected chi connectivity index (χ3v) is 6.20. The van der Waals surface area contributed by atoms with Crippen LogP contribution in [0.25, 0.3) is 16.9 Å². The number of benzene rings is 2. The van der Waals surface area contributed by atoms with Crippen LogP contribution in [-0.2, 0) is 14.8 Å². The number of hydrogen-bond donors (Lipinski definition) is 1. The molecule has 0 unspecified atom stereocenters. The molecule has 1 fully saturated rings. The average molecular weight is 502 g/mol. The van der Waals surface area contributed by atoms with E-state index in [1.807, 2.05) is 36.4 Å². The van der Waals surface area contributed by atoms with Crippen molar-refractivity contribution in [2.75, 3.05) is 37.3 Å². The molecule has 2 aromatic heterocycles. The van der Waals surface area contributed by atoms with Gasteiger partial charge in [0.15, 0.2) is 5.65 Å². The van der Waals surface area contributed by atoms with E-state index in [9.17, 15) is 13.2 Å². The van der Waals surface area contributed by atoms with Gasteiger partial charge in [-0.2, -0.15) is 5.10 Å². The van der Waals surface area contributed by atoms with Crippen LogP contribution in [0.2, 0.25) is 0 Å². The predicted octanol–water partition coefficient (Wildman–Crippen LogP) is 2.64. The van der Waals surface area contributed by atoms with Crippen molar-refractivity contribution in [1.82, 2.24) is 19.5 Å². The molecule has 9 nitrogen and oxygen atoms in total. The normalized spacial score (nSPS) is 13.8. The van der Waals surface area contributed by atoms with E-state index >= 15 is 0 Å². The van der Waals surface area contributed by atoms with Gasteiger partial charge >= 0.3 is 0 Å². The Morgan fingerprint density at radius 1 is 1.03 bits per heavy atom. The Labute approximate surface area is 208 Å². The first-order valence-electron chi connectivity index (χ1n) is 11.3. The average Bonchev–Trinajstić information content (AvgIpc) is 3.29. The van der Waals surface area contributed by atoms with Gasteiger partial charge in [0.1, 0.15) is 5.69 Å². The lowest BCUT2D eigenvalue weighted by Gasteiger charge is -2.26. The number of morpholine rings is 1. The Morgan fingerprint density at radius 3 is 2.56 bits per heavy atom. The number of nitrogens with one attached hydrogen (secondary N) is 1. The van der Waals surface area contributed by atoms with Gasteiger partial charge in [0.05, 0.1) is 31.4 Å². The zero-order valence-corrected chi connectivity index (χ0v) is 20.3. The number of nitrogens with zero attached hydrogens (tertiary/aromatic N) is 4. The number of ether oxygens (including phenoxy) is 1. The van der Waals surface area contributed by atoms with Crippen LogP contribution in [0.4, 0.5) is 5.69 Å². The molecule has 1 amide bonds. The quantitative estimate of drug-likeness (QED) is 0.431. The highest BCUT2D eigenvalue weighted by Crippen LogP contribution is 2.20. The molecule has 1 N–H and O–H groups in total. The molecule has 0 radical (unpaired) electrons. The summed E-state index contributed by atoms with van der Waals surface area (Å²) in [6.45, 7) is 2.32. The fraction of sp³-hybridized carbons (Fsp3) is 0.192. The lowest BCUT2D eigenvalue weighted by molar-refractivity contribution is 0.0303. The minimum absolute atomic E-state index is 0.00348. The summed E-state index contributed by atoms with van der Waals surface area (Å²) in [5.74, 6) is 6.10. The SMILES string of the molecule is CS(=O)(=O)Nc1cccc(C#Cc2cnc3ccc(-c4ccc(C(=O)N5CCOCC5)cc4)nn23)c1. The predicted molar refractivity (Wildman–Crippen MR) is 136 cm³/mol. The van der Waals surface area contributed by atoms with Gasteiger partial charge in [-0.25, -0.2) is 17.9 Å². The van der Waals surface area contributed by atoms with Crippen LogP contribution in [0, 0.1) is 11.8 Å². The van der Waals surface area contributed by atoms with Gasteiger partial charge in [-0.15, -0.1) is 0 Å². The van der Waals surface area contributed by atoms with Gasteiger partial charge < -0.3 is 9.64 Å². The fourth-order valence-corrected chi connectivity index (χ4v) is 4.41. The van der Waals surface area contributed by atoms with Crippen LogP contribution in [0.3, 0.4) is 0 Å². The molecule has 1 aliphatic heterocycles. The van der Waals surface area contributed by atoms with E-state index in [1.165, 1.54) is 0 Å². The van der Waals surface area contributed by atoms with E-state index in [0.29, 0.717) is 60.2 Å². The van der Waals surface area contributed by atoms with Crippen molar-refractivity contribution in [2.45, 2.75) is 0 Å². The molecule has 1 aliphatic rings. The molecule has 3 heterocycles. The molecule has 2 aromatic carbocycles. The second-order valence-electron chi connectivity index (χ2n) is 8.32. The molecule has 0 aliphatic carbocycles. The van der Waals surface area contributed by atoms with Gasteiger partial charge in [-0.3, -0.25) is 9.52 Å². The maximum Gasteiger partial charge on any atom is 0.254 e. The minimum atomic E-state index is -3.37. The first-order valence-corrected chi connectivity index (χ1v) is 13.2. The summed E-state index contributed by atoms with van der Waals surface area (Å²) < 4.78 is 32.4. The first-order chi connectivity index (χ1) is 17.4. The smallest absolute Gasteiger partial charge is 0.254 e. The molecule has 182 valence electrons. The third kappa shape index (κ3) is 5.38. The van der Waals surface area contributed by atoms with Gasteiger partial charge in [0.25, 0.3) is 5.91 Å². The molecular formula is C26H23N5O4S. The van der Waals surface area contributed by atoms with Crippen molar-refractivity contribution < 1.29 is 17.9 Å². The van der Waals surface area contributed by atoms with E-state index in [0.717, 1.165) is 11.8 Å². The van der Waals surface area contributed by atoms with Gasteiger partial charge in [0, 0.05) is 35.5 Å². The van der Waals surface area contributed by atoms with Crippen molar-refractivity contribution in [3.63, 3.8) is 0 Å². The Kier molecular flexibility index (Phi) is 6.41. The van der Waals surface area contributed by atoms with Crippen molar-refractivity contribution in [3.05, 3.63) is 83.7 Å². The van der Waals surface area contributed by atoms with Crippen molar-refractivity contribution in [1.29, 1.82) is 0 Å². The number of anilines is 1. The second-order valence-corrected chi connectivity index (χ2v) is 10.1. The van der Waals surface area contributed by atoms with Crippen LogP contribution < -0.4 is 4.72 Å². The van der Waals surface area contributed by atoms with Crippen LogP contribution in [-0.4, -0.2) is 66.4 Å². The highest BCUT2D eigenvalue weighted by molar-refractivity contribution is 7.92. The molecule has 0 bridgehead atoms. The Hall–Kier alpha value is -4.20. The molecule has 0 saturated carbocycles. The lowest BCUT2D eigenvalue weighted by Crippen LogP contribution is -2.40. The van der Waals surface area contributed by atoms with Gasteiger partial charge in [0.2, 0.25) is 10.0 Å². The first kappa shape index (κ1) is 23.5. The number of fused-ring (bicyclic) bond motifs is 1. The summed E-state index contributed by atoms with van der Waals surface area (Å²) in [5, 5.41) is 4.70. The summed E-state index contributed by atoms with van der Waals surface area (Å²) in [6, 6.07) is 18.0. The Bertz CT molecular complexity index is 1590. The zero-order chi connectivity index (χ0) is 25.1. The number of carbonyl (C=O) groups is 1. The Balaban J connectivity index is 1.39. The van der Waals surface area contributed by atoms with Crippen LogP contribution in [0.5, 0.6) is 0 Å². The molecule has 1 saturated heterocycles. The number of hydrogen-bond acceptors (Lipinski definition) is 6. The van der Waals surface area contributed by atoms with Gasteiger partial charge in [-0.05, 0) is 48.4 Å². The standard InChI is InChI=1S/C26H23N5O4S/c1-36(33,34)29-22-4-2-3-19(17-22)5-10-23-18-27-25-12-11-24(28-31(23)25)20-6-8-21(9-7-20)26(32)30-13-15-35-16-14-30/h2-4,6-9,11-12,17-18,29H,13-16H2,1H3. The number of sulfonamides is 1. The summed E-state index contributed by atoms with van der Waals surface area (Å²) in [5.41, 5.74) is 4.54. The number of carbonyl (C=O) groups excluding carboxylic acids is 1. The van der Waals surface area contributed by atoms with Crippen molar-refractivity contribution in [3.8, 4) is 23.1 Å². The maximum atomic E-state index is 12.7. The number of amides is 1. The molecule has 5 rings (SSSR count). The molecule has 10 heteroatoms. The van der Waals surface area contributed by atoms with Crippen molar-refractivity contribution >= 4 is 27.3 Å². The lowest BCUT2D eigenvalue weighted by atomic mass is 10.1. The van der Waals surface area contributed by atoms with E-state index in [2.05, 4.69) is 21.5 Å².